The lowest BCUT2D eigenvalue weighted by atomic mass is 9.76. The number of hydrogen-bond acceptors (Lipinski definition) is 1. The van der Waals surface area contributed by atoms with Gasteiger partial charge in [-0.05, 0) is 114 Å². The van der Waals surface area contributed by atoms with Gasteiger partial charge in [-0.25, -0.2) is 0 Å². The third kappa shape index (κ3) is 5.27. The zero-order chi connectivity index (χ0) is 31.1. The second-order valence-electron chi connectivity index (χ2n) is 17.8. The van der Waals surface area contributed by atoms with E-state index in [1.54, 1.807) is 11.1 Å². The van der Waals surface area contributed by atoms with Gasteiger partial charge in [0, 0.05) is 17.0 Å². The summed E-state index contributed by atoms with van der Waals surface area (Å²) in [5, 5.41) is 0. The highest BCUT2D eigenvalue weighted by atomic mass is 28.3. The number of nitrogens with zero attached hydrogens (tertiary/aromatic N) is 1. The van der Waals surface area contributed by atoms with Crippen molar-refractivity contribution in [2.24, 2.45) is 17.8 Å². The maximum Gasteiger partial charge on any atom is 0.127 e. The summed E-state index contributed by atoms with van der Waals surface area (Å²) >= 11 is 0. The molecule has 2 aromatic rings. The molecular weight excluding hydrogens is 535 g/mol. The summed E-state index contributed by atoms with van der Waals surface area (Å²) in [6.45, 7) is 27.5. The molecule has 43 heavy (non-hydrogen) atoms. The number of rotatable bonds is 4. The van der Waals surface area contributed by atoms with Crippen molar-refractivity contribution < 1.29 is 0 Å². The van der Waals surface area contributed by atoms with E-state index in [-0.39, 0.29) is 16.4 Å². The molecule has 6 rings (SSSR count). The van der Waals surface area contributed by atoms with E-state index in [9.17, 15) is 0 Å². The van der Waals surface area contributed by atoms with Crippen LogP contribution in [0, 0.1) is 17.8 Å². The summed E-state index contributed by atoms with van der Waals surface area (Å²) in [6.07, 6.45) is 14.0. The maximum atomic E-state index is 3.13. The monoisotopic (exact) mass is 593 g/mol. The lowest BCUT2D eigenvalue weighted by Crippen LogP contribution is -2.65. The molecule has 0 saturated heterocycles. The maximum absolute atomic E-state index is 3.13. The molecule has 1 nitrogen and oxygen atoms in total. The summed E-state index contributed by atoms with van der Waals surface area (Å²) in [7, 11) is -1.78. The molecule has 0 aliphatic heterocycles. The number of allylic oxidation sites excluding steroid dienone is 4. The lowest BCUT2D eigenvalue weighted by molar-refractivity contribution is 0.139. The number of hydrogen-bond donors (Lipinski definition) is 0. The first kappa shape index (κ1) is 31.1. The first-order valence-electron chi connectivity index (χ1n) is 17.5. The molecule has 0 bridgehead atoms. The Labute approximate surface area is 265 Å². The first-order chi connectivity index (χ1) is 20.0. The SMILES string of the molecule is CC1CC2C=C3C(=CC2C1[Si](C)(C)N(C1CCCCC1)C(C)(C)C)C(C)(C)c1cc(-c2ccc(C(C)(C)C)cc2)ccc13. The van der Waals surface area contributed by atoms with Gasteiger partial charge in [0.2, 0.25) is 0 Å². The predicted molar refractivity (Wildman–Crippen MR) is 190 cm³/mol. The van der Waals surface area contributed by atoms with E-state index < -0.39 is 8.24 Å². The smallest absolute Gasteiger partial charge is 0.127 e. The van der Waals surface area contributed by atoms with E-state index in [0.717, 1.165) is 17.5 Å². The highest BCUT2D eigenvalue weighted by Gasteiger charge is 2.56. The van der Waals surface area contributed by atoms with Crippen LogP contribution in [0.4, 0.5) is 0 Å². The van der Waals surface area contributed by atoms with Gasteiger partial charge in [-0.2, -0.15) is 0 Å². The Bertz CT molecular complexity index is 1420. The summed E-state index contributed by atoms with van der Waals surface area (Å²) in [4.78, 5) is 0. The minimum atomic E-state index is -1.78. The third-order valence-corrected chi connectivity index (χ3v) is 16.9. The van der Waals surface area contributed by atoms with E-state index >= 15 is 0 Å². The van der Waals surface area contributed by atoms with Crippen LogP contribution < -0.4 is 0 Å². The van der Waals surface area contributed by atoms with Crippen molar-refractivity contribution in [1.82, 2.24) is 4.57 Å². The van der Waals surface area contributed by atoms with Crippen LogP contribution in [0.2, 0.25) is 18.6 Å². The molecule has 0 radical (unpaired) electrons. The van der Waals surface area contributed by atoms with E-state index in [0.29, 0.717) is 11.8 Å². The van der Waals surface area contributed by atoms with Gasteiger partial charge in [-0.15, -0.1) is 0 Å². The fraction of sp³-hybridized carbons (Fsp3) is 0.610. The molecule has 0 heterocycles. The van der Waals surface area contributed by atoms with Crippen LogP contribution in [0.15, 0.2) is 60.2 Å². The van der Waals surface area contributed by atoms with E-state index in [1.807, 2.05) is 0 Å². The van der Waals surface area contributed by atoms with Crippen LogP contribution in [0.25, 0.3) is 16.7 Å². The summed E-state index contributed by atoms with van der Waals surface area (Å²) in [5.74, 6) is 2.12. The topological polar surface area (TPSA) is 3.24 Å². The molecule has 4 aliphatic rings. The van der Waals surface area contributed by atoms with Crippen molar-refractivity contribution in [3.63, 3.8) is 0 Å². The van der Waals surface area contributed by atoms with E-state index in [4.69, 9.17) is 0 Å². The van der Waals surface area contributed by atoms with Crippen LogP contribution in [0.1, 0.15) is 118 Å². The third-order valence-electron chi connectivity index (χ3n) is 12.0. The molecule has 2 saturated carbocycles. The molecule has 0 spiro atoms. The average Bonchev–Trinajstić information content (AvgIpc) is 3.36. The second-order valence-corrected chi connectivity index (χ2v) is 22.3. The number of fused-ring (bicyclic) bond motifs is 4. The Morgan fingerprint density at radius 1 is 0.814 bits per heavy atom. The van der Waals surface area contributed by atoms with Crippen molar-refractivity contribution in [2.45, 2.75) is 142 Å². The van der Waals surface area contributed by atoms with Gasteiger partial charge in [0.25, 0.3) is 0 Å². The fourth-order valence-corrected chi connectivity index (χ4v) is 16.5. The highest BCUT2D eigenvalue weighted by Crippen LogP contribution is 2.61. The first-order valence-corrected chi connectivity index (χ1v) is 20.5. The lowest BCUT2D eigenvalue weighted by Gasteiger charge is -2.56. The average molecular weight is 594 g/mol. The minimum Gasteiger partial charge on any atom is -0.316 e. The second kappa shape index (κ2) is 10.6. The Balaban J connectivity index is 1.36. The van der Waals surface area contributed by atoms with Crippen molar-refractivity contribution in [2.75, 3.05) is 0 Å². The molecule has 2 fully saturated rings. The zero-order valence-electron chi connectivity index (χ0n) is 29.3. The van der Waals surface area contributed by atoms with Crippen LogP contribution in [-0.4, -0.2) is 24.4 Å². The molecule has 4 aliphatic carbocycles. The van der Waals surface area contributed by atoms with Crippen molar-refractivity contribution in [1.29, 1.82) is 0 Å². The van der Waals surface area contributed by atoms with Gasteiger partial charge in [0.1, 0.15) is 8.24 Å². The zero-order valence-corrected chi connectivity index (χ0v) is 30.3. The van der Waals surface area contributed by atoms with E-state index in [2.05, 4.69) is 135 Å². The fourth-order valence-electron chi connectivity index (χ4n) is 10.5. The summed E-state index contributed by atoms with van der Waals surface area (Å²) in [5.41, 5.74) is 11.4. The van der Waals surface area contributed by atoms with Crippen molar-refractivity contribution >= 4 is 13.8 Å². The minimum absolute atomic E-state index is 0.0304. The normalized spacial score (nSPS) is 27.4. The Kier molecular flexibility index (Phi) is 7.65. The molecule has 4 unspecified atom stereocenters. The van der Waals surface area contributed by atoms with Crippen LogP contribution in [0.3, 0.4) is 0 Å². The Morgan fingerprint density at radius 3 is 2.05 bits per heavy atom. The van der Waals surface area contributed by atoms with Crippen LogP contribution >= 0.6 is 0 Å². The van der Waals surface area contributed by atoms with Crippen molar-refractivity contribution in [3.05, 3.63) is 76.9 Å². The molecule has 0 amide bonds. The molecular formula is C41H59NSi. The highest BCUT2D eigenvalue weighted by molar-refractivity contribution is 6.76. The predicted octanol–water partition coefficient (Wildman–Crippen LogP) is 11.5. The summed E-state index contributed by atoms with van der Waals surface area (Å²) < 4.78 is 3.13. The van der Waals surface area contributed by atoms with Gasteiger partial charge in [0.05, 0.1) is 0 Å². The van der Waals surface area contributed by atoms with Gasteiger partial charge < -0.3 is 4.57 Å². The van der Waals surface area contributed by atoms with Gasteiger partial charge in [0.15, 0.2) is 0 Å². The molecule has 2 aromatic carbocycles. The largest absolute Gasteiger partial charge is 0.316 e. The quantitative estimate of drug-likeness (QED) is 0.319. The standard InChI is InChI=1S/C41H59NSi/c1-27-23-30-24-35-33-22-19-29(28-17-20-31(21-18-28)39(2,3)4)25-36(33)41(8,9)37(35)26-34(30)38(27)43(10,11)42(40(5,6)7)32-15-13-12-14-16-32/h17-22,24-27,30,32,34,38H,12-16,23H2,1-11H3. The van der Waals surface area contributed by atoms with E-state index in [1.165, 1.54) is 66.3 Å². The van der Waals surface area contributed by atoms with Crippen LogP contribution in [0.5, 0.6) is 0 Å². The van der Waals surface area contributed by atoms with Gasteiger partial charge in [-0.1, -0.05) is 122 Å². The molecule has 232 valence electrons. The summed E-state index contributed by atoms with van der Waals surface area (Å²) in [6, 6.07) is 17.4. The van der Waals surface area contributed by atoms with Crippen LogP contribution in [-0.2, 0) is 10.8 Å². The molecule has 0 aromatic heterocycles. The molecule has 2 heteroatoms. The van der Waals surface area contributed by atoms with Crippen molar-refractivity contribution in [3.8, 4) is 11.1 Å². The van der Waals surface area contributed by atoms with Gasteiger partial charge >= 0.3 is 0 Å². The number of benzene rings is 2. The Morgan fingerprint density at radius 2 is 1.44 bits per heavy atom. The molecule has 0 N–H and O–H groups in total. The Hall–Kier alpha value is -1.90. The molecule has 4 atom stereocenters. The van der Waals surface area contributed by atoms with Gasteiger partial charge in [-0.3, -0.25) is 0 Å².